The molecule has 0 atom stereocenters. The van der Waals surface area contributed by atoms with Crippen molar-refractivity contribution >= 4 is 29.2 Å². The third kappa shape index (κ3) is 3.79. The van der Waals surface area contributed by atoms with Crippen molar-refractivity contribution in [1.29, 1.82) is 0 Å². The highest BCUT2D eigenvalue weighted by Gasteiger charge is 2.14. The molecule has 1 amide bonds. The van der Waals surface area contributed by atoms with Crippen molar-refractivity contribution in [3.8, 4) is 0 Å². The van der Waals surface area contributed by atoms with E-state index in [0.29, 0.717) is 5.56 Å². The van der Waals surface area contributed by atoms with Crippen molar-refractivity contribution in [1.82, 2.24) is 0 Å². The molecule has 0 bridgehead atoms. The fraction of sp³-hybridized carbons (Fsp3) is 0.0667. The first-order valence-electron chi connectivity index (χ1n) is 6.03. The van der Waals surface area contributed by atoms with Crippen molar-refractivity contribution in [2.24, 2.45) is 0 Å². The van der Waals surface area contributed by atoms with Gasteiger partial charge in [0.05, 0.1) is 17.7 Å². The van der Waals surface area contributed by atoms with E-state index in [9.17, 15) is 14.0 Å². The Kier molecular flexibility index (Phi) is 4.55. The third-order valence-corrected chi connectivity index (χ3v) is 3.04. The molecule has 0 aromatic heterocycles. The van der Waals surface area contributed by atoms with E-state index in [2.05, 4.69) is 5.32 Å². The minimum atomic E-state index is -1.12. The second-order valence-electron chi connectivity index (χ2n) is 4.31. The lowest BCUT2D eigenvalue weighted by Crippen LogP contribution is -2.17. The lowest BCUT2D eigenvalue weighted by molar-refractivity contribution is -0.115. The Bertz CT molecular complexity index is 703. The number of amides is 1. The zero-order valence-electron chi connectivity index (χ0n) is 10.8. The van der Waals surface area contributed by atoms with E-state index in [1.165, 1.54) is 24.3 Å². The summed E-state index contributed by atoms with van der Waals surface area (Å²) in [4.78, 5) is 23.0. The van der Waals surface area contributed by atoms with Gasteiger partial charge in [-0.1, -0.05) is 29.8 Å². The van der Waals surface area contributed by atoms with Gasteiger partial charge in [-0.25, -0.2) is 9.18 Å². The maximum atomic E-state index is 13.5. The van der Waals surface area contributed by atoms with Crippen molar-refractivity contribution < 1.29 is 19.1 Å². The molecule has 0 saturated heterocycles. The van der Waals surface area contributed by atoms with Gasteiger partial charge in [0.1, 0.15) is 5.82 Å². The van der Waals surface area contributed by atoms with Crippen LogP contribution in [0.4, 0.5) is 10.1 Å². The van der Waals surface area contributed by atoms with E-state index in [1.807, 2.05) is 0 Å². The van der Waals surface area contributed by atoms with Gasteiger partial charge in [-0.15, -0.1) is 0 Å². The maximum Gasteiger partial charge on any atom is 0.335 e. The van der Waals surface area contributed by atoms with Gasteiger partial charge in [0.15, 0.2) is 0 Å². The molecule has 0 heterocycles. The van der Waals surface area contributed by atoms with Crippen molar-refractivity contribution in [3.05, 3.63) is 64.4 Å². The number of carboxylic acid groups (broad SMARTS) is 1. The van der Waals surface area contributed by atoms with Crippen molar-refractivity contribution in [2.45, 2.75) is 6.42 Å². The van der Waals surface area contributed by atoms with Crippen LogP contribution in [0.15, 0.2) is 42.5 Å². The molecule has 21 heavy (non-hydrogen) atoms. The molecule has 0 aliphatic heterocycles. The van der Waals surface area contributed by atoms with Gasteiger partial charge in [-0.2, -0.15) is 0 Å². The number of carbonyl (C=O) groups is 2. The summed E-state index contributed by atoms with van der Waals surface area (Å²) in [6.45, 7) is 0. The Labute approximate surface area is 125 Å². The van der Waals surface area contributed by atoms with Crippen molar-refractivity contribution in [3.63, 3.8) is 0 Å². The topological polar surface area (TPSA) is 66.4 Å². The summed E-state index contributed by atoms with van der Waals surface area (Å²) in [5.41, 5.74) is 0.351. The number of hydrogen-bond donors (Lipinski definition) is 2. The lowest BCUT2D eigenvalue weighted by atomic mass is 10.0. The first kappa shape index (κ1) is 15.0. The highest BCUT2D eigenvalue weighted by molar-refractivity contribution is 6.30. The van der Waals surface area contributed by atoms with Crippen LogP contribution in [0.25, 0.3) is 0 Å². The summed E-state index contributed by atoms with van der Waals surface area (Å²) in [6, 6.07) is 9.95. The van der Waals surface area contributed by atoms with Gasteiger partial charge in [0, 0.05) is 5.02 Å². The molecule has 2 aromatic rings. The van der Waals surface area contributed by atoms with Crippen LogP contribution in [-0.4, -0.2) is 17.0 Å². The quantitative estimate of drug-likeness (QED) is 0.910. The van der Waals surface area contributed by atoms with E-state index < -0.39 is 17.7 Å². The molecule has 6 heteroatoms. The summed E-state index contributed by atoms with van der Waals surface area (Å²) in [5, 5.41) is 11.7. The monoisotopic (exact) mass is 307 g/mol. The SMILES string of the molecule is O=C(Cc1ccccc1C(=O)O)Nc1cc(Cl)ccc1F. The van der Waals surface area contributed by atoms with Gasteiger partial charge in [-0.3, -0.25) is 4.79 Å². The molecular weight excluding hydrogens is 297 g/mol. The Hall–Kier alpha value is -2.40. The third-order valence-electron chi connectivity index (χ3n) is 2.80. The lowest BCUT2D eigenvalue weighted by Gasteiger charge is -2.08. The highest BCUT2D eigenvalue weighted by atomic mass is 35.5. The number of carbonyl (C=O) groups excluding carboxylic acids is 1. The average Bonchev–Trinajstić information content (AvgIpc) is 2.43. The number of nitrogens with one attached hydrogen (secondary N) is 1. The van der Waals surface area contributed by atoms with Gasteiger partial charge in [0.2, 0.25) is 5.91 Å². The van der Waals surface area contributed by atoms with E-state index >= 15 is 0 Å². The number of benzene rings is 2. The van der Waals surface area contributed by atoms with Crippen LogP contribution in [0.2, 0.25) is 5.02 Å². The Morgan fingerprint density at radius 2 is 1.90 bits per heavy atom. The molecular formula is C15H11ClFNO3. The van der Waals surface area contributed by atoms with Gasteiger partial charge in [-0.05, 0) is 29.8 Å². The molecule has 0 unspecified atom stereocenters. The zero-order valence-corrected chi connectivity index (χ0v) is 11.5. The number of carboxylic acids is 1. The van der Waals surface area contributed by atoms with Crippen molar-refractivity contribution in [2.75, 3.05) is 5.32 Å². The molecule has 4 nitrogen and oxygen atoms in total. The molecule has 108 valence electrons. The van der Waals surface area contributed by atoms with Crippen LogP contribution < -0.4 is 5.32 Å². The van der Waals surface area contributed by atoms with Crippen LogP contribution in [-0.2, 0) is 11.2 Å². The smallest absolute Gasteiger partial charge is 0.335 e. The molecule has 0 saturated carbocycles. The molecule has 2 aromatic carbocycles. The molecule has 2 N–H and O–H groups in total. The summed E-state index contributed by atoms with van der Waals surface area (Å²) in [6.07, 6.45) is -0.172. The number of hydrogen-bond acceptors (Lipinski definition) is 2. The van der Waals surface area contributed by atoms with E-state index in [0.717, 1.165) is 6.07 Å². The maximum absolute atomic E-state index is 13.5. The molecule has 0 radical (unpaired) electrons. The fourth-order valence-corrected chi connectivity index (χ4v) is 2.02. The van der Waals surface area contributed by atoms with Crippen LogP contribution >= 0.6 is 11.6 Å². The number of rotatable bonds is 4. The van der Waals surface area contributed by atoms with Gasteiger partial charge >= 0.3 is 5.97 Å². The highest BCUT2D eigenvalue weighted by Crippen LogP contribution is 2.20. The molecule has 2 rings (SSSR count). The average molecular weight is 308 g/mol. The second kappa shape index (κ2) is 6.37. The minimum absolute atomic E-state index is 0.0409. The fourth-order valence-electron chi connectivity index (χ4n) is 1.84. The second-order valence-corrected chi connectivity index (χ2v) is 4.75. The number of anilines is 1. The van der Waals surface area contributed by atoms with Crippen LogP contribution in [0.5, 0.6) is 0 Å². The minimum Gasteiger partial charge on any atom is -0.478 e. The van der Waals surface area contributed by atoms with E-state index in [1.54, 1.807) is 12.1 Å². The summed E-state index contributed by atoms with van der Waals surface area (Å²) >= 11 is 5.73. The Morgan fingerprint density at radius 1 is 1.19 bits per heavy atom. The Morgan fingerprint density at radius 3 is 2.62 bits per heavy atom. The standard InChI is InChI=1S/C15H11ClFNO3/c16-10-5-6-12(17)13(8-10)18-14(19)7-9-3-1-2-4-11(9)15(20)21/h1-6,8H,7H2,(H,18,19)(H,20,21). The molecule has 0 aliphatic carbocycles. The Balaban J connectivity index is 2.16. The van der Waals surface area contributed by atoms with E-state index in [-0.39, 0.29) is 22.7 Å². The first-order chi connectivity index (χ1) is 9.97. The molecule has 0 spiro atoms. The normalized spacial score (nSPS) is 10.2. The van der Waals surface area contributed by atoms with E-state index in [4.69, 9.17) is 16.7 Å². The number of halogens is 2. The van der Waals surface area contributed by atoms with Crippen LogP contribution in [0, 0.1) is 5.82 Å². The summed E-state index contributed by atoms with van der Waals surface area (Å²) in [7, 11) is 0. The van der Waals surface area contributed by atoms with Gasteiger partial charge in [0.25, 0.3) is 0 Å². The molecule has 0 aliphatic rings. The molecule has 0 fully saturated rings. The van der Waals surface area contributed by atoms with Crippen LogP contribution in [0.3, 0.4) is 0 Å². The summed E-state index contributed by atoms with van der Waals surface area (Å²) in [5.74, 6) is -2.25. The summed E-state index contributed by atoms with van der Waals surface area (Å²) < 4.78 is 13.5. The number of aromatic carboxylic acids is 1. The largest absolute Gasteiger partial charge is 0.478 e. The predicted octanol–water partition coefficient (Wildman–Crippen LogP) is 3.36. The van der Waals surface area contributed by atoms with Gasteiger partial charge < -0.3 is 10.4 Å². The predicted molar refractivity (Wildman–Crippen MR) is 77.1 cm³/mol. The van der Waals surface area contributed by atoms with Crippen LogP contribution in [0.1, 0.15) is 15.9 Å². The first-order valence-corrected chi connectivity index (χ1v) is 6.41. The zero-order chi connectivity index (χ0) is 15.4.